The molecule has 2 aromatic rings. The molecule has 4 nitrogen and oxygen atoms in total. The monoisotopic (exact) mass is 368 g/mol. The number of rotatable bonds is 4. The third kappa shape index (κ3) is 3.89. The maximum Gasteiger partial charge on any atom is 0.255 e. The Morgan fingerprint density at radius 3 is 2.71 bits per heavy atom. The molecule has 0 spiro atoms. The van der Waals surface area contributed by atoms with E-state index in [4.69, 9.17) is 22.1 Å². The lowest BCUT2D eigenvalue weighted by atomic mass is 10.1. The topological polar surface area (TPSA) is 64.3 Å². The van der Waals surface area contributed by atoms with Gasteiger partial charge in [-0.1, -0.05) is 11.6 Å². The number of ether oxygens (including phenoxy) is 1. The van der Waals surface area contributed by atoms with E-state index in [9.17, 15) is 4.79 Å². The number of carbonyl (C=O) groups excluding carboxylic acids is 1. The Balaban J connectivity index is 2.16. The minimum absolute atomic E-state index is 0.251. The third-order valence-corrected chi connectivity index (χ3v) is 3.96. The number of anilines is 2. The molecule has 2 aromatic carbocycles. The highest BCUT2D eigenvalue weighted by molar-refractivity contribution is 9.10. The van der Waals surface area contributed by atoms with Gasteiger partial charge in [0.25, 0.3) is 5.91 Å². The molecule has 0 heterocycles. The molecule has 0 bridgehead atoms. The van der Waals surface area contributed by atoms with Gasteiger partial charge < -0.3 is 15.8 Å². The largest absolute Gasteiger partial charge is 0.492 e. The van der Waals surface area contributed by atoms with Gasteiger partial charge in [0, 0.05) is 15.7 Å². The van der Waals surface area contributed by atoms with Crippen LogP contribution in [0.5, 0.6) is 5.75 Å². The number of hydrogen-bond donors (Lipinski definition) is 2. The molecule has 2 rings (SSSR count). The fourth-order valence-corrected chi connectivity index (χ4v) is 2.25. The molecule has 3 N–H and O–H groups in total. The first-order valence-corrected chi connectivity index (χ1v) is 7.47. The molecule has 1 amide bonds. The second-order valence-corrected chi connectivity index (χ2v) is 5.53. The second-order valence-electron chi connectivity index (χ2n) is 4.27. The molecule has 0 radical (unpaired) electrons. The molecule has 0 unspecified atom stereocenters. The Labute approximate surface area is 136 Å². The summed E-state index contributed by atoms with van der Waals surface area (Å²) < 4.78 is 6.06. The lowest BCUT2D eigenvalue weighted by molar-refractivity contribution is 0.102. The predicted molar refractivity (Wildman–Crippen MR) is 89.1 cm³/mol. The summed E-state index contributed by atoms with van der Waals surface area (Å²) >= 11 is 9.22. The Morgan fingerprint density at radius 1 is 1.33 bits per heavy atom. The zero-order chi connectivity index (χ0) is 15.4. The van der Waals surface area contributed by atoms with Gasteiger partial charge in [-0.2, -0.15) is 0 Å². The molecule has 110 valence electrons. The van der Waals surface area contributed by atoms with E-state index < -0.39 is 0 Å². The molecular formula is C15H14BrClN2O2. The van der Waals surface area contributed by atoms with Crippen LogP contribution in [0.4, 0.5) is 11.4 Å². The average molecular weight is 370 g/mol. The molecule has 0 aromatic heterocycles. The summed E-state index contributed by atoms with van der Waals surface area (Å²) in [6.07, 6.45) is 0. The first-order valence-electron chi connectivity index (χ1n) is 6.30. The molecule has 21 heavy (non-hydrogen) atoms. The van der Waals surface area contributed by atoms with Crippen molar-refractivity contribution in [1.29, 1.82) is 0 Å². The first-order chi connectivity index (χ1) is 10.0. The quantitative estimate of drug-likeness (QED) is 0.788. The van der Waals surface area contributed by atoms with Gasteiger partial charge in [0.2, 0.25) is 0 Å². The number of nitrogen functional groups attached to an aromatic ring is 1. The van der Waals surface area contributed by atoms with Crippen LogP contribution >= 0.6 is 27.5 Å². The average Bonchev–Trinajstić information content (AvgIpc) is 2.45. The van der Waals surface area contributed by atoms with Crippen molar-refractivity contribution in [3.8, 4) is 5.75 Å². The molecule has 6 heteroatoms. The van der Waals surface area contributed by atoms with Crippen molar-refractivity contribution in [3.63, 3.8) is 0 Å². The zero-order valence-electron chi connectivity index (χ0n) is 11.3. The molecule has 0 saturated carbocycles. The van der Waals surface area contributed by atoms with Crippen molar-refractivity contribution in [3.05, 3.63) is 51.5 Å². The van der Waals surface area contributed by atoms with E-state index in [1.54, 1.807) is 36.4 Å². The third-order valence-electron chi connectivity index (χ3n) is 2.75. The number of carbonyl (C=O) groups is 1. The number of halogens is 2. The summed E-state index contributed by atoms with van der Waals surface area (Å²) in [5.41, 5.74) is 7.39. The van der Waals surface area contributed by atoms with Crippen LogP contribution in [0.1, 0.15) is 17.3 Å². The molecule has 0 aliphatic heterocycles. The van der Waals surface area contributed by atoms with Crippen LogP contribution in [0.3, 0.4) is 0 Å². The van der Waals surface area contributed by atoms with Crippen LogP contribution in [0.25, 0.3) is 0 Å². The minimum atomic E-state index is -0.251. The highest BCUT2D eigenvalue weighted by Crippen LogP contribution is 2.26. The lowest BCUT2D eigenvalue weighted by Crippen LogP contribution is -2.12. The van der Waals surface area contributed by atoms with Gasteiger partial charge in [-0.15, -0.1) is 0 Å². The SMILES string of the molecule is CCOc1ccc(C(=O)Nc2ccc(Cl)c(Br)c2)cc1N. The molecular weight excluding hydrogens is 356 g/mol. The van der Waals surface area contributed by atoms with Crippen molar-refractivity contribution in [2.75, 3.05) is 17.7 Å². The number of hydrogen-bond acceptors (Lipinski definition) is 3. The molecule has 0 fully saturated rings. The van der Waals surface area contributed by atoms with Crippen molar-refractivity contribution in [1.82, 2.24) is 0 Å². The predicted octanol–water partition coefficient (Wildman–Crippen LogP) is 4.34. The van der Waals surface area contributed by atoms with E-state index in [0.29, 0.717) is 38.8 Å². The van der Waals surface area contributed by atoms with E-state index in [2.05, 4.69) is 21.2 Å². The summed E-state index contributed by atoms with van der Waals surface area (Å²) in [5, 5.41) is 3.36. The second kappa shape index (κ2) is 6.83. The van der Waals surface area contributed by atoms with Gasteiger partial charge in [-0.25, -0.2) is 0 Å². The Morgan fingerprint density at radius 2 is 2.10 bits per heavy atom. The van der Waals surface area contributed by atoms with Crippen LogP contribution in [-0.4, -0.2) is 12.5 Å². The fraction of sp³-hybridized carbons (Fsp3) is 0.133. The Bertz CT molecular complexity index is 677. The van der Waals surface area contributed by atoms with Gasteiger partial charge in [0.1, 0.15) is 5.75 Å². The van der Waals surface area contributed by atoms with E-state index >= 15 is 0 Å². The minimum Gasteiger partial charge on any atom is -0.492 e. The van der Waals surface area contributed by atoms with Gasteiger partial charge in [-0.3, -0.25) is 4.79 Å². The van der Waals surface area contributed by atoms with Crippen LogP contribution in [0.2, 0.25) is 5.02 Å². The highest BCUT2D eigenvalue weighted by Gasteiger charge is 2.10. The fourth-order valence-electron chi connectivity index (χ4n) is 1.75. The van der Waals surface area contributed by atoms with Gasteiger partial charge >= 0.3 is 0 Å². The van der Waals surface area contributed by atoms with Crippen molar-refractivity contribution in [2.24, 2.45) is 0 Å². The molecule has 0 saturated heterocycles. The standard InChI is InChI=1S/C15H14BrClN2O2/c1-2-21-14-6-3-9(7-13(14)18)15(20)19-10-4-5-12(17)11(16)8-10/h3-8H,2,18H2,1H3,(H,19,20). The normalized spacial score (nSPS) is 10.2. The van der Waals surface area contributed by atoms with Crippen LogP contribution in [0, 0.1) is 0 Å². The first kappa shape index (κ1) is 15.7. The summed E-state index contributed by atoms with van der Waals surface area (Å²) in [6.45, 7) is 2.40. The van der Waals surface area contributed by atoms with Crippen LogP contribution in [0.15, 0.2) is 40.9 Å². The summed E-state index contributed by atoms with van der Waals surface area (Å²) in [5.74, 6) is 0.322. The van der Waals surface area contributed by atoms with Crippen molar-refractivity contribution < 1.29 is 9.53 Å². The van der Waals surface area contributed by atoms with E-state index in [-0.39, 0.29) is 5.91 Å². The Hall–Kier alpha value is -1.72. The van der Waals surface area contributed by atoms with E-state index in [1.807, 2.05) is 6.92 Å². The maximum absolute atomic E-state index is 12.2. The van der Waals surface area contributed by atoms with Crippen molar-refractivity contribution in [2.45, 2.75) is 6.92 Å². The molecule has 0 aliphatic carbocycles. The van der Waals surface area contributed by atoms with Crippen LogP contribution in [-0.2, 0) is 0 Å². The maximum atomic E-state index is 12.2. The zero-order valence-corrected chi connectivity index (χ0v) is 13.7. The lowest BCUT2D eigenvalue weighted by Gasteiger charge is -2.10. The Kier molecular flexibility index (Phi) is 5.09. The number of nitrogens with one attached hydrogen (secondary N) is 1. The van der Waals surface area contributed by atoms with Crippen molar-refractivity contribution >= 4 is 44.8 Å². The van der Waals surface area contributed by atoms with E-state index in [1.165, 1.54) is 0 Å². The van der Waals surface area contributed by atoms with Gasteiger partial charge in [0.05, 0.1) is 17.3 Å². The number of amides is 1. The number of nitrogens with two attached hydrogens (primary N) is 1. The van der Waals surface area contributed by atoms with Gasteiger partial charge in [-0.05, 0) is 59.3 Å². The van der Waals surface area contributed by atoms with Gasteiger partial charge in [0.15, 0.2) is 0 Å². The smallest absolute Gasteiger partial charge is 0.255 e. The van der Waals surface area contributed by atoms with Crippen LogP contribution < -0.4 is 15.8 Å². The summed E-state index contributed by atoms with van der Waals surface area (Å²) in [6, 6.07) is 10.1. The molecule has 0 atom stereocenters. The highest BCUT2D eigenvalue weighted by atomic mass is 79.9. The number of benzene rings is 2. The van der Waals surface area contributed by atoms with E-state index in [0.717, 1.165) is 0 Å². The summed E-state index contributed by atoms with van der Waals surface area (Å²) in [7, 11) is 0. The molecule has 0 aliphatic rings. The summed E-state index contributed by atoms with van der Waals surface area (Å²) in [4.78, 5) is 12.2.